The molecule has 1 rings (SSSR count). The Labute approximate surface area is 124 Å². The quantitative estimate of drug-likeness (QED) is 0.703. The lowest BCUT2D eigenvalue weighted by molar-refractivity contribution is 0.143. The van der Waals surface area contributed by atoms with E-state index in [2.05, 4.69) is 41.2 Å². The number of nitrogens with one attached hydrogen (secondary N) is 1. The third-order valence-electron chi connectivity index (χ3n) is 2.74. The monoisotopic (exact) mass is 329 g/mol. The van der Waals surface area contributed by atoms with Gasteiger partial charge in [0.05, 0.1) is 0 Å². The Morgan fingerprint density at radius 2 is 2.16 bits per heavy atom. The van der Waals surface area contributed by atoms with Crippen LogP contribution in [0.3, 0.4) is 0 Å². The maximum atomic E-state index is 5.91. The van der Waals surface area contributed by atoms with E-state index in [1.807, 2.05) is 19.1 Å². The van der Waals surface area contributed by atoms with Gasteiger partial charge in [-0.3, -0.25) is 0 Å². The molecule has 3 nitrogen and oxygen atoms in total. The number of ether oxygens (including phenoxy) is 2. The van der Waals surface area contributed by atoms with Crippen LogP contribution in [0.1, 0.15) is 25.8 Å². The number of benzene rings is 1. The molecule has 4 heteroatoms. The van der Waals surface area contributed by atoms with E-state index >= 15 is 0 Å². The summed E-state index contributed by atoms with van der Waals surface area (Å²) < 4.78 is 12.3. The summed E-state index contributed by atoms with van der Waals surface area (Å²) in [7, 11) is 0. The molecule has 19 heavy (non-hydrogen) atoms. The zero-order chi connectivity index (χ0) is 14.1. The van der Waals surface area contributed by atoms with Gasteiger partial charge in [-0.1, -0.05) is 15.9 Å². The summed E-state index contributed by atoms with van der Waals surface area (Å²) in [4.78, 5) is 0. The van der Waals surface area contributed by atoms with E-state index in [0.717, 1.165) is 48.5 Å². The Hall–Kier alpha value is -0.580. The van der Waals surface area contributed by atoms with E-state index in [1.165, 1.54) is 0 Å². The highest BCUT2D eigenvalue weighted by Gasteiger charge is 2.06. The normalized spacial score (nSPS) is 12.4. The van der Waals surface area contributed by atoms with Crippen LogP contribution in [0.4, 0.5) is 0 Å². The van der Waals surface area contributed by atoms with Gasteiger partial charge in [-0.2, -0.15) is 0 Å². The van der Waals surface area contributed by atoms with Crippen molar-refractivity contribution in [3.63, 3.8) is 0 Å². The fourth-order valence-corrected chi connectivity index (χ4v) is 2.23. The molecule has 0 radical (unpaired) electrons. The SMILES string of the molecule is CCOCCCNCC(C)Oc1ccc(Br)cc1C. The van der Waals surface area contributed by atoms with Gasteiger partial charge in [-0.25, -0.2) is 0 Å². The summed E-state index contributed by atoms with van der Waals surface area (Å²) in [6, 6.07) is 6.08. The molecule has 0 saturated carbocycles. The minimum Gasteiger partial charge on any atom is -0.489 e. The molecule has 0 aliphatic carbocycles. The van der Waals surface area contributed by atoms with Gasteiger partial charge in [0.15, 0.2) is 0 Å². The van der Waals surface area contributed by atoms with Crippen molar-refractivity contribution in [3.8, 4) is 5.75 Å². The Morgan fingerprint density at radius 3 is 2.84 bits per heavy atom. The van der Waals surface area contributed by atoms with Crippen molar-refractivity contribution < 1.29 is 9.47 Å². The van der Waals surface area contributed by atoms with Crippen molar-refractivity contribution in [3.05, 3.63) is 28.2 Å². The molecule has 1 atom stereocenters. The molecule has 0 amide bonds. The lowest BCUT2D eigenvalue weighted by atomic mass is 10.2. The van der Waals surface area contributed by atoms with Gasteiger partial charge in [-0.15, -0.1) is 0 Å². The van der Waals surface area contributed by atoms with E-state index < -0.39 is 0 Å². The van der Waals surface area contributed by atoms with Gasteiger partial charge in [0, 0.05) is 24.2 Å². The van der Waals surface area contributed by atoms with E-state index in [4.69, 9.17) is 9.47 Å². The average Bonchev–Trinajstić information content (AvgIpc) is 2.37. The zero-order valence-corrected chi connectivity index (χ0v) is 13.6. The molecular formula is C15H24BrNO2. The van der Waals surface area contributed by atoms with Crippen molar-refractivity contribution in [1.29, 1.82) is 0 Å². The van der Waals surface area contributed by atoms with Crippen LogP contribution in [0, 0.1) is 6.92 Å². The molecule has 0 aliphatic heterocycles. The van der Waals surface area contributed by atoms with Crippen molar-refractivity contribution in [1.82, 2.24) is 5.32 Å². The number of aryl methyl sites for hydroxylation is 1. The number of hydrogen-bond donors (Lipinski definition) is 1. The van der Waals surface area contributed by atoms with Gasteiger partial charge in [0.2, 0.25) is 0 Å². The molecule has 0 bridgehead atoms. The summed E-state index contributed by atoms with van der Waals surface area (Å²) in [6.45, 7) is 9.59. The van der Waals surface area contributed by atoms with Crippen LogP contribution in [0.25, 0.3) is 0 Å². The first kappa shape index (κ1) is 16.5. The minimum atomic E-state index is 0.159. The van der Waals surface area contributed by atoms with Crippen molar-refractivity contribution in [2.45, 2.75) is 33.3 Å². The Kier molecular flexibility index (Phi) is 8.10. The standard InChI is InChI=1S/C15H24BrNO2/c1-4-18-9-5-8-17-11-13(3)19-15-7-6-14(16)10-12(15)2/h6-7,10,13,17H,4-5,8-9,11H2,1-3H3. The fourth-order valence-electron chi connectivity index (χ4n) is 1.75. The van der Waals surface area contributed by atoms with Crippen LogP contribution in [-0.2, 0) is 4.74 Å². The molecule has 0 aliphatic rings. The highest BCUT2D eigenvalue weighted by molar-refractivity contribution is 9.10. The van der Waals surface area contributed by atoms with Crippen LogP contribution in [0.5, 0.6) is 5.75 Å². The molecule has 1 aromatic rings. The second kappa shape index (κ2) is 9.34. The summed E-state index contributed by atoms with van der Waals surface area (Å²) in [6.07, 6.45) is 1.20. The molecule has 0 heterocycles. The van der Waals surface area contributed by atoms with E-state index in [-0.39, 0.29) is 6.10 Å². The van der Waals surface area contributed by atoms with Crippen LogP contribution in [-0.4, -0.2) is 32.4 Å². The Balaban J connectivity index is 2.21. The van der Waals surface area contributed by atoms with Crippen molar-refractivity contribution in [2.75, 3.05) is 26.3 Å². The summed E-state index contributed by atoms with van der Waals surface area (Å²) >= 11 is 3.45. The van der Waals surface area contributed by atoms with E-state index in [9.17, 15) is 0 Å². The predicted molar refractivity (Wildman–Crippen MR) is 82.9 cm³/mol. The van der Waals surface area contributed by atoms with Gasteiger partial charge < -0.3 is 14.8 Å². The van der Waals surface area contributed by atoms with Crippen LogP contribution < -0.4 is 10.1 Å². The molecule has 1 aromatic carbocycles. The summed E-state index contributed by atoms with van der Waals surface area (Å²) in [5, 5.41) is 3.38. The van der Waals surface area contributed by atoms with Crippen molar-refractivity contribution >= 4 is 15.9 Å². The zero-order valence-electron chi connectivity index (χ0n) is 12.0. The maximum Gasteiger partial charge on any atom is 0.122 e. The molecule has 1 N–H and O–H groups in total. The minimum absolute atomic E-state index is 0.159. The first-order valence-electron chi connectivity index (χ1n) is 6.84. The van der Waals surface area contributed by atoms with Gasteiger partial charge in [0.1, 0.15) is 11.9 Å². The van der Waals surface area contributed by atoms with Gasteiger partial charge in [-0.05, 0) is 57.5 Å². The lowest BCUT2D eigenvalue weighted by Crippen LogP contribution is -2.30. The van der Waals surface area contributed by atoms with E-state index in [0.29, 0.717) is 0 Å². The van der Waals surface area contributed by atoms with Crippen LogP contribution >= 0.6 is 15.9 Å². The summed E-state index contributed by atoms with van der Waals surface area (Å²) in [5.41, 5.74) is 1.15. The second-order valence-electron chi connectivity index (χ2n) is 4.59. The molecule has 1 unspecified atom stereocenters. The highest BCUT2D eigenvalue weighted by atomic mass is 79.9. The molecule has 0 fully saturated rings. The van der Waals surface area contributed by atoms with Gasteiger partial charge >= 0.3 is 0 Å². The first-order chi connectivity index (χ1) is 9.13. The fraction of sp³-hybridized carbons (Fsp3) is 0.600. The predicted octanol–water partition coefficient (Wildman–Crippen LogP) is 3.54. The Bertz CT molecular complexity index is 371. The molecule has 0 saturated heterocycles. The molecule has 0 aromatic heterocycles. The third-order valence-corrected chi connectivity index (χ3v) is 3.24. The maximum absolute atomic E-state index is 5.91. The van der Waals surface area contributed by atoms with E-state index in [1.54, 1.807) is 0 Å². The molecule has 0 spiro atoms. The molecular weight excluding hydrogens is 306 g/mol. The smallest absolute Gasteiger partial charge is 0.122 e. The second-order valence-corrected chi connectivity index (χ2v) is 5.51. The topological polar surface area (TPSA) is 30.5 Å². The number of halogens is 1. The highest BCUT2D eigenvalue weighted by Crippen LogP contribution is 2.22. The largest absolute Gasteiger partial charge is 0.489 e. The summed E-state index contributed by atoms with van der Waals surface area (Å²) in [5.74, 6) is 0.951. The number of rotatable bonds is 9. The third kappa shape index (κ3) is 6.95. The lowest BCUT2D eigenvalue weighted by Gasteiger charge is -2.17. The average molecular weight is 330 g/mol. The molecule has 108 valence electrons. The first-order valence-corrected chi connectivity index (χ1v) is 7.64. The number of hydrogen-bond acceptors (Lipinski definition) is 3. The Morgan fingerprint density at radius 1 is 1.37 bits per heavy atom. The van der Waals surface area contributed by atoms with Crippen LogP contribution in [0.15, 0.2) is 22.7 Å². The van der Waals surface area contributed by atoms with Crippen LogP contribution in [0.2, 0.25) is 0 Å². The van der Waals surface area contributed by atoms with Gasteiger partial charge in [0.25, 0.3) is 0 Å². The van der Waals surface area contributed by atoms with Crippen molar-refractivity contribution in [2.24, 2.45) is 0 Å².